The van der Waals surface area contributed by atoms with Crippen molar-refractivity contribution in [1.82, 2.24) is 14.5 Å². The van der Waals surface area contributed by atoms with Gasteiger partial charge in [-0.15, -0.1) is 24.8 Å². The zero-order valence-electron chi connectivity index (χ0n) is 16.0. The van der Waals surface area contributed by atoms with E-state index in [9.17, 15) is 0 Å². The highest BCUT2D eigenvalue weighted by Crippen LogP contribution is 2.24. The maximum absolute atomic E-state index is 4.88. The molecule has 0 radical (unpaired) electrons. The lowest BCUT2D eigenvalue weighted by atomic mass is 10.1. The quantitative estimate of drug-likeness (QED) is 0.418. The Kier molecular flexibility index (Phi) is 10.9. The minimum atomic E-state index is 0. The van der Waals surface area contributed by atoms with Gasteiger partial charge in [-0.05, 0) is 37.2 Å². The van der Waals surface area contributed by atoms with Gasteiger partial charge in [0.2, 0.25) is 0 Å². The number of thioether (sulfide) groups is 1. The monoisotopic (exact) mass is 425 g/mol. The average molecular weight is 426 g/mol. The summed E-state index contributed by atoms with van der Waals surface area (Å²) in [6.07, 6.45) is 1.03. The van der Waals surface area contributed by atoms with E-state index in [0.717, 1.165) is 49.0 Å². The summed E-state index contributed by atoms with van der Waals surface area (Å²) >= 11 is 1.88. The van der Waals surface area contributed by atoms with E-state index in [2.05, 4.69) is 77.9 Å². The second-order valence-electron chi connectivity index (χ2n) is 6.15. The van der Waals surface area contributed by atoms with Crippen LogP contribution in [0.25, 0.3) is 11.0 Å². The molecule has 0 aliphatic carbocycles. The molecule has 3 nitrogen and oxygen atoms in total. The molecule has 3 rings (SSSR count). The summed E-state index contributed by atoms with van der Waals surface area (Å²) in [6.45, 7) is 8.76. The van der Waals surface area contributed by atoms with Crippen LogP contribution in [0, 0.1) is 0 Å². The largest absolute Gasteiger partial charge is 0.319 e. The van der Waals surface area contributed by atoms with Crippen LogP contribution in [0.1, 0.15) is 19.4 Å². The number of hydrogen-bond acceptors (Lipinski definition) is 3. The first-order valence-electron chi connectivity index (χ1n) is 9.16. The van der Waals surface area contributed by atoms with Gasteiger partial charge in [0.25, 0.3) is 0 Å². The molecule has 0 saturated carbocycles. The first-order chi connectivity index (χ1) is 12.3. The van der Waals surface area contributed by atoms with Crippen molar-refractivity contribution in [3.05, 3.63) is 60.2 Å². The van der Waals surface area contributed by atoms with Crippen molar-refractivity contribution in [2.75, 3.05) is 25.4 Å². The summed E-state index contributed by atoms with van der Waals surface area (Å²) in [4.78, 5) is 7.34. The summed E-state index contributed by atoms with van der Waals surface area (Å²) in [7, 11) is 0. The molecule has 0 unspecified atom stereocenters. The third-order valence-electron chi connectivity index (χ3n) is 4.62. The van der Waals surface area contributed by atoms with E-state index in [0.29, 0.717) is 0 Å². The minimum absolute atomic E-state index is 0. The number of benzene rings is 2. The number of imidazole rings is 1. The van der Waals surface area contributed by atoms with E-state index in [-0.39, 0.29) is 24.8 Å². The number of halogens is 2. The van der Waals surface area contributed by atoms with E-state index in [4.69, 9.17) is 4.98 Å². The predicted molar refractivity (Wildman–Crippen MR) is 123 cm³/mol. The van der Waals surface area contributed by atoms with E-state index in [1.54, 1.807) is 0 Å². The van der Waals surface area contributed by atoms with Gasteiger partial charge in [0.05, 0.1) is 11.0 Å². The first kappa shape index (κ1) is 23.8. The van der Waals surface area contributed by atoms with E-state index >= 15 is 0 Å². The predicted octanol–water partition coefficient (Wildman–Crippen LogP) is 5.56. The molecule has 0 saturated heterocycles. The van der Waals surface area contributed by atoms with Crippen LogP contribution in [0.2, 0.25) is 0 Å². The van der Waals surface area contributed by atoms with E-state index in [1.165, 1.54) is 11.1 Å². The van der Waals surface area contributed by atoms with Gasteiger partial charge < -0.3 is 9.47 Å². The lowest BCUT2D eigenvalue weighted by Gasteiger charge is -2.17. The van der Waals surface area contributed by atoms with Gasteiger partial charge in [0.15, 0.2) is 5.16 Å². The highest BCUT2D eigenvalue weighted by atomic mass is 35.5. The molecule has 3 aromatic rings. The third kappa shape index (κ3) is 6.42. The van der Waals surface area contributed by atoms with Gasteiger partial charge in [0.1, 0.15) is 0 Å². The van der Waals surface area contributed by atoms with Gasteiger partial charge >= 0.3 is 0 Å². The molecule has 1 aromatic heterocycles. The Balaban J connectivity index is 0.00000182. The van der Waals surface area contributed by atoms with Crippen LogP contribution >= 0.6 is 36.6 Å². The van der Waals surface area contributed by atoms with Crippen LogP contribution in [-0.4, -0.2) is 39.8 Å². The maximum Gasteiger partial charge on any atom is 0.169 e. The highest BCUT2D eigenvalue weighted by Gasteiger charge is 2.11. The van der Waals surface area contributed by atoms with Crippen molar-refractivity contribution in [2.45, 2.75) is 32.0 Å². The average Bonchev–Trinajstić information content (AvgIpc) is 3.02. The molecule has 0 aliphatic rings. The van der Waals surface area contributed by atoms with Crippen molar-refractivity contribution in [2.24, 2.45) is 0 Å². The zero-order valence-corrected chi connectivity index (χ0v) is 18.5. The normalized spacial score (nSPS) is 10.6. The van der Waals surface area contributed by atoms with Crippen LogP contribution in [0.4, 0.5) is 0 Å². The Morgan fingerprint density at radius 3 is 2.30 bits per heavy atom. The fourth-order valence-corrected chi connectivity index (χ4v) is 4.11. The molecule has 1 heterocycles. The second-order valence-corrected chi connectivity index (χ2v) is 7.21. The topological polar surface area (TPSA) is 21.1 Å². The molecule has 0 bridgehead atoms. The van der Waals surface area contributed by atoms with Crippen molar-refractivity contribution < 1.29 is 0 Å². The molecular formula is C21H29Cl2N3S. The Morgan fingerprint density at radius 1 is 0.926 bits per heavy atom. The molecule has 27 heavy (non-hydrogen) atoms. The van der Waals surface area contributed by atoms with E-state index in [1.807, 2.05) is 11.8 Å². The van der Waals surface area contributed by atoms with Crippen molar-refractivity contribution in [3.8, 4) is 0 Å². The van der Waals surface area contributed by atoms with Crippen LogP contribution in [-0.2, 0) is 13.0 Å². The number of para-hydroxylation sites is 2. The van der Waals surface area contributed by atoms with Crippen LogP contribution in [0.15, 0.2) is 59.8 Å². The number of fused-ring (bicyclic) bond motifs is 1. The fourth-order valence-electron chi connectivity index (χ4n) is 3.07. The lowest BCUT2D eigenvalue weighted by molar-refractivity contribution is 0.324. The van der Waals surface area contributed by atoms with Gasteiger partial charge in [-0.1, -0.05) is 68.1 Å². The molecule has 0 amide bonds. The highest BCUT2D eigenvalue weighted by molar-refractivity contribution is 7.99. The Morgan fingerprint density at radius 2 is 1.59 bits per heavy atom. The Bertz CT molecular complexity index is 788. The summed E-state index contributed by atoms with van der Waals surface area (Å²) in [5, 5.41) is 1.14. The Hall–Kier alpha value is -1.20. The SMILES string of the molecule is CCN(CC)CCSc1nc2ccccc2n1CCc1ccccc1.Cl.Cl. The van der Waals surface area contributed by atoms with Gasteiger partial charge in [-0.2, -0.15) is 0 Å². The summed E-state index contributed by atoms with van der Waals surface area (Å²) in [5.41, 5.74) is 3.71. The van der Waals surface area contributed by atoms with Crippen molar-refractivity contribution in [1.29, 1.82) is 0 Å². The van der Waals surface area contributed by atoms with Crippen molar-refractivity contribution in [3.63, 3.8) is 0 Å². The molecule has 0 atom stereocenters. The number of aromatic nitrogens is 2. The number of nitrogens with zero attached hydrogens (tertiary/aromatic N) is 3. The van der Waals surface area contributed by atoms with E-state index < -0.39 is 0 Å². The molecule has 0 aliphatic heterocycles. The number of hydrogen-bond donors (Lipinski definition) is 0. The molecule has 0 fully saturated rings. The van der Waals surface area contributed by atoms with Crippen molar-refractivity contribution >= 4 is 47.6 Å². The molecule has 0 N–H and O–H groups in total. The summed E-state index contributed by atoms with van der Waals surface area (Å²) in [5.74, 6) is 1.08. The zero-order chi connectivity index (χ0) is 17.5. The standard InChI is InChI=1S/C21H27N3S.2ClH/c1-3-23(4-2)16-17-25-21-22-19-12-8-9-13-20(19)24(21)15-14-18-10-6-5-7-11-18;;/h5-13H,3-4,14-17H2,1-2H3;2*1H. The molecule has 6 heteroatoms. The summed E-state index contributed by atoms with van der Waals surface area (Å²) in [6, 6.07) is 19.2. The molecule has 0 spiro atoms. The number of aryl methyl sites for hydroxylation is 2. The molecule has 148 valence electrons. The minimum Gasteiger partial charge on any atom is -0.319 e. The molecule has 2 aromatic carbocycles. The maximum atomic E-state index is 4.88. The third-order valence-corrected chi connectivity index (χ3v) is 5.58. The van der Waals surface area contributed by atoms with Crippen LogP contribution in [0.5, 0.6) is 0 Å². The van der Waals surface area contributed by atoms with Crippen LogP contribution < -0.4 is 0 Å². The van der Waals surface area contributed by atoms with Gasteiger partial charge in [0, 0.05) is 18.8 Å². The number of rotatable bonds is 9. The first-order valence-corrected chi connectivity index (χ1v) is 10.1. The fraction of sp³-hybridized carbons (Fsp3) is 0.381. The van der Waals surface area contributed by atoms with Gasteiger partial charge in [-0.3, -0.25) is 0 Å². The smallest absolute Gasteiger partial charge is 0.169 e. The molecular weight excluding hydrogens is 397 g/mol. The second kappa shape index (κ2) is 12.3. The van der Waals surface area contributed by atoms with Crippen LogP contribution in [0.3, 0.4) is 0 Å². The summed E-state index contributed by atoms with van der Waals surface area (Å²) < 4.78 is 2.38. The van der Waals surface area contributed by atoms with Gasteiger partial charge in [-0.25, -0.2) is 4.98 Å². The Labute approximate surface area is 179 Å². The lowest BCUT2D eigenvalue weighted by Crippen LogP contribution is -2.25.